The largest absolute Gasteiger partial charge is 0.486 e. The van der Waals surface area contributed by atoms with Crippen LogP contribution in [-0.2, 0) is 16.1 Å². The van der Waals surface area contributed by atoms with Gasteiger partial charge in [0.1, 0.15) is 25.9 Å². The minimum atomic E-state index is -0.567. The molecule has 26 heavy (non-hydrogen) atoms. The third-order valence-electron chi connectivity index (χ3n) is 4.33. The number of aromatic nitrogens is 3. The maximum atomic E-state index is 12.4. The zero-order valence-corrected chi connectivity index (χ0v) is 14.4. The number of anilines is 1. The number of esters is 1. The summed E-state index contributed by atoms with van der Waals surface area (Å²) in [6.07, 6.45) is 0. The van der Waals surface area contributed by atoms with Gasteiger partial charge in [0.05, 0.1) is 12.7 Å². The number of hydrogen-bond acceptors (Lipinski definition) is 8. The maximum absolute atomic E-state index is 12.4. The molecule has 0 fully saturated rings. The van der Waals surface area contributed by atoms with Gasteiger partial charge in [0.15, 0.2) is 17.3 Å². The van der Waals surface area contributed by atoms with E-state index in [1.54, 1.807) is 17.7 Å². The Morgan fingerprint density at radius 3 is 2.88 bits per heavy atom. The van der Waals surface area contributed by atoms with Crippen LogP contribution in [0.25, 0.3) is 0 Å². The molecular formula is C17H18N4O5. The van der Waals surface area contributed by atoms with Crippen LogP contribution in [0.5, 0.6) is 11.5 Å². The van der Waals surface area contributed by atoms with Gasteiger partial charge in [-0.15, -0.1) is 0 Å². The van der Waals surface area contributed by atoms with Crippen molar-refractivity contribution in [3.05, 3.63) is 40.9 Å². The van der Waals surface area contributed by atoms with Gasteiger partial charge < -0.3 is 24.6 Å². The lowest BCUT2D eigenvalue weighted by Gasteiger charge is -2.28. The molecule has 136 valence electrons. The highest BCUT2D eigenvalue weighted by Crippen LogP contribution is 2.39. The highest BCUT2D eigenvalue weighted by molar-refractivity contribution is 5.92. The molecule has 0 saturated heterocycles. The molecule has 1 atom stereocenters. The van der Waals surface area contributed by atoms with E-state index in [9.17, 15) is 9.90 Å². The second-order valence-corrected chi connectivity index (χ2v) is 5.92. The van der Waals surface area contributed by atoms with E-state index in [-0.39, 0.29) is 12.4 Å². The van der Waals surface area contributed by atoms with Gasteiger partial charge in [-0.05, 0) is 24.6 Å². The number of benzene rings is 1. The number of fused-ring (bicyclic) bond motifs is 2. The van der Waals surface area contributed by atoms with Crippen LogP contribution >= 0.6 is 0 Å². The lowest BCUT2D eigenvalue weighted by atomic mass is 9.95. The first-order valence-corrected chi connectivity index (χ1v) is 8.14. The summed E-state index contributed by atoms with van der Waals surface area (Å²) in [4.78, 5) is 16.7. The van der Waals surface area contributed by atoms with Crippen molar-refractivity contribution in [3.8, 4) is 11.5 Å². The first-order chi connectivity index (χ1) is 12.6. The molecule has 4 rings (SSSR count). The molecule has 0 spiro atoms. The first-order valence-electron chi connectivity index (χ1n) is 8.14. The Bertz CT molecular complexity index is 905. The maximum Gasteiger partial charge on any atom is 0.338 e. The van der Waals surface area contributed by atoms with Gasteiger partial charge in [-0.2, -0.15) is 10.1 Å². The minimum absolute atomic E-state index is 0.258. The van der Waals surface area contributed by atoms with Crippen LogP contribution in [0, 0.1) is 0 Å². The second-order valence-electron chi connectivity index (χ2n) is 5.92. The number of carbonyl (C=O) groups is 1. The minimum Gasteiger partial charge on any atom is -0.486 e. The topological polar surface area (TPSA) is 108 Å². The molecule has 0 bridgehead atoms. The summed E-state index contributed by atoms with van der Waals surface area (Å²) in [7, 11) is 1.33. The number of ether oxygens (including phenoxy) is 3. The van der Waals surface area contributed by atoms with Gasteiger partial charge in [0, 0.05) is 5.70 Å². The quantitative estimate of drug-likeness (QED) is 0.783. The lowest BCUT2D eigenvalue weighted by Crippen LogP contribution is -2.29. The van der Waals surface area contributed by atoms with Crippen molar-refractivity contribution in [1.29, 1.82) is 0 Å². The summed E-state index contributed by atoms with van der Waals surface area (Å²) in [6.45, 7) is 2.43. The second kappa shape index (κ2) is 6.34. The average Bonchev–Trinajstić information content (AvgIpc) is 3.08. The lowest BCUT2D eigenvalue weighted by molar-refractivity contribution is -0.136. The third kappa shape index (κ3) is 2.57. The van der Waals surface area contributed by atoms with Crippen molar-refractivity contribution >= 4 is 11.9 Å². The predicted molar refractivity (Wildman–Crippen MR) is 89.9 cm³/mol. The van der Waals surface area contributed by atoms with Crippen LogP contribution in [-0.4, -0.2) is 46.2 Å². The molecule has 1 unspecified atom stereocenters. The van der Waals surface area contributed by atoms with E-state index in [2.05, 4.69) is 15.4 Å². The van der Waals surface area contributed by atoms with Crippen molar-refractivity contribution in [1.82, 2.24) is 14.8 Å². The van der Waals surface area contributed by atoms with Gasteiger partial charge in [0.25, 0.3) is 0 Å². The molecule has 2 N–H and O–H groups in total. The monoisotopic (exact) mass is 358 g/mol. The molecule has 2 aromatic rings. The molecule has 0 amide bonds. The van der Waals surface area contributed by atoms with Crippen LogP contribution in [0.4, 0.5) is 5.95 Å². The molecular weight excluding hydrogens is 340 g/mol. The molecule has 9 nitrogen and oxygen atoms in total. The number of methoxy groups -OCH3 is 1. The molecule has 9 heteroatoms. The molecule has 2 aliphatic rings. The van der Waals surface area contributed by atoms with Crippen LogP contribution in [0.3, 0.4) is 0 Å². The van der Waals surface area contributed by atoms with Crippen molar-refractivity contribution in [2.45, 2.75) is 19.6 Å². The fraction of sp³-hybridized carbons (Fsp3) is 0.353. The Morgan fingerprint density at radius 1 is 1.38 bits per heavy atom. The molecule has 0 saturated carbocycles. The smallest absolute Gasteiger partial charge is 0.338 e. The SMILES string of the molecule is COC(=O)C1=C(C)Nc2nc(CO)nn2C1c1ccc2c(c1)OCCO2. The Balaban J connectivity index is 1.87. The summed E-state index contributed by atoms with van der Waals surface area (Å²) < 4.78 is 17.8. The normalized spacial score (nSPS) is 18.2. The highest BCUT2D eigenvalue weighted by Gasteiger charge is 2.35. The van der Waals surface area contributed by atoms with Gasteiger partial charge in [-0.3, -0.25) is 0 Å². The van der Waals surface area contributed by atoms with E-state index in [4.69, 9.17) is 14.2 Å². The Hall–Kier alpha value is -3.07. The van der Waals surface area contributed by atoms with E-state index in [0.29, 0.717) is 41.9 Å². The summed E-state index contributed by atoms with van der Waals surface area (Å²) in [5.74, 6) is 1.50. The number of hydrogen-bond donors (Lipinski definition) is 2. The molecule has 0 aliphatic carbocycles. The molecule has 3 heterocycles. The van der Waals surface area contributed by atoms with Crippen molar-refractivity contribution in [2.75, 3.05) is 25.6 Å². The summed E-state index contributed by atoms with van der Waals surface area (Å²) in [5.41, 5.74) is 1.79. The Labute approximate surface area is 149 Å². The number of aliphatic hydroxyl groups is 1. The summed E-state index contributed by atoms with van der Waals surface area (Å²) >= 11 is 0. The van der Waals surface area contributed by atoms with Gasteiger partial charge >= 0.3 is 5.97 Å². The molecule has 1 aromatic carbocycles. The van der Waals surface area contributed by atoms with Crippen molar-refractivity contribution < 1.29 is 24.1 Å². The fourth-order valence-electron chi connectivity index (χ4n) is 3.17. The highest BCUT2D eigenvalue weighted by atomic mass is 16.6. The summed E-state index contributed by atoms with van der Waals surface area (Å²) in [6, 6.07) is 4.91. The number of allylic oxidation sites excluding steroid dienone is 1. The molecule has 1 aromatic heterocycles. The fourth-order valence-corrected chi connectivity index (χ4v) is 3.17. The van der Waals surface area contributed by atoms with Crippen molar-refractivity contribution in [2.24, 2.45) is 0 Å². The van der Waals surface area contributed by atoms with Crippen LogP contribution < -0.4 is 14.8 Å². The van der Waals surface area contributed by atoms with E-state index in [1.807, 2.05) is 12.1 Å². The van der Waals surface area contributed by atoms with Gasteiger partial charge in [-0.25, -0.2) is 9.48 Å². The molecule has 2 aliphatic heterocycles. The summed E-state index contributed by atoms with van der Waals surface area (Å²) in [5, 5.41) is 16.7. The van der Waals surface area contributed by atoms with E-state index in [0.717, 1.165) is 5.56 Å². The van der Waals surface area contributed by atoms with Crippen molar-refractivity contribution in [3.63, 3.8) is 0 Å². The van der Waals surface area contributed by atoms with Gasteiger partial charge in [-0.1, -0.05) is 6.07 Å². The standard InChI is InChI=1S/C17H18N4O5/c1-9-14(16(23)24-2)15(21-17(18-9)19-13(8-22)20-21)10-3-4-11-12(7-10)26-6-5-25-11/h3-4,7,15,22H,5-6,8H2,1-2H3,(H,18,19,20). The van der Waals surface area contributed by atoms with E-state index >= 15 is 0 Å². The van der Waals surface area contributed by atoms with Gasteiger partial charge in [0.2, 0.25) is 5.95 Å². The number of rotatable bonds is 3. The number of nitrogens with one attached hydrogen (secondary N) is 1. The average molecular weight is 358 g/mol. The molecule has 0 radical (unpaired) electrons. The third-order valence-corrected chi connectivity index (χ3v) is 4.33. The van der Waals surface area contributed by atoms with Crippen LogP contribution in [0.15, 0.2) is 29.5 Å². The predicted octanol–water partition coefficient (Wildman–Crippen LogP) is 1.00. The first kappa shape index (κ1) is 16.4. The number of carbonyl (C=O) groups excluding carboxylic acids is 1. The Morgan fingerprint density at radius 2 is 2.15 bits per heavy atom. The van der Waals surface area contributed by atoms with E-state index in [1.165, 1.54) is 7.11 Å². The van der Waals surface area contributed by atoms with E-state index < -0.39 is 12.0 Å². The zero-order valence-electron chi connectivity index (χ0n) is 14.4. The number of nitrogens with zero attached hydrogens (tertiary/aromatic N) is 3. The van der Waals surface area contributed by atoms with Crippen LogP contribution in [0.2, 0.25) is 0 Å². The number of aliphatic hydroxyl groups excluding tert-OH is 1. The Kier molecular flexibility index (Phi) is 4.00. The van der Waals surface area contributed by atoms with Crippen LogP contribution in [0.1, 0.15) is 24.4 Å². The zero-order chi connectivity index (χ0) is 18.3.